The maximum atomic E-state index is 11.2. The van der Waals surface area contributed by atoms with Crippen LogP contribution in [-0.4, -0.2) is 43.2 Å². The summed E-state index contributed by atoms with van der Waals surface area (Å²) in [6.07, 6.45) is 1.37. The summed E-state index contributed by atoms with van der Waals surface area (Å²) in [4.78, 5) is 32.6. The Morgan fingerprint density at radius 1 is 1.17 bits per heavy atom. The lowest BCUT2D eigenvalue weighted by atomic mass is 10.1. The van der Waals surface area contributed by atoms with Gasteiger partial charge >= 0.3 is 12.0 Å². The number of carbonyl (C=O) groups excluding carboxylic acids is 2. The fraction of sp³-hybridized carbons (Fsp3) is 0.727. The number of carboxylic acids is 1. The molecular weight excluding hydrogens is 238 g/mol. The van der Waals surface area contributed by atoms with Crippen molar-refractivity contribution in [3.05, 3.63) is 0 Å². The van der Waals surface area contributed by atoms with Gasteiger partial charge in [-0.1, -0.05) is 6.92 Å². The summed E-state index contributed by atoms with van der Waals surface area (Å²) in [5, 5.41) is 16.2. The molecule has 0 fully saturated rings. The van der Waals surface area contributed by atoms with Crippen molar-refractivity contribution in [3.8, 4) is 0 Å². The van der Waals surface area contributed by atoms with E-state index in [9.17, 15) is 14.4 Å². The molecule has 7 heteroatoms. The third-order valence-electron chi connectivity index (χ3n) is 2.44. The van der Waals surface area contributed by atoms with Gasteiger partial charge in [0.1, 0.15) is 0 Å². The maximum Gasteiger partial charge on any atom is 0.314 e. The third kappa shape index (κ3) is 8.37. The molecule has 18 heavy (non-hydrogen) atoms. The van der Waals surface area contributed by atoms with Crippen LogP contribution in [0.1, 0.15) is 26.2 Å². The molecular formula is C11H21N3O4. The van der Waals surface area contributed by atoms with Gasteiger partial charge in [0.05, 0.1) is 5.92 Å². The summed E-state index contributed by atoms with van der Waals surface area (Å²) >= 11 is 0. The van der Waals surface area contributed by atoms with E-state index in [2.05, 4.69) is 16.0 Å². The van der Waals surface area contributed by atoms with E-state index in [0.717, 1.165) is 0 Å². The summed E-state index contributed by atoms with van der Waals surface area (Å²) in [7, 11) is 1.53. The summed E-state index contributed by atoms with van der Waals surface area (Å²) in [6.45, 7) is 2.33. The van der Waals surface area contributed by atoms with Crippen molar-refractivity contribution >= 4 is 17.9 Å². The third-order valence-corrected chi connectivity index (χ3v) is 2.44. The lowest BCUT2D eigenvalue weighted by Gasteiger charge is -2.08. The second-order valence-corrected chi connectivity index (χ2v) is 3.99. The zero-order chi connectivity index (χ0) is 14.0. The van der Waals surface area contributed by atoms with Gasteiger partial charge in [-0.25, -0.2) is 4.79 Å². The Bertz CT molecular complexity index is 294. The molecule has 1 atom stereocenters. The second kappa shape index (κ2) is 9.26. The highest BCUT2D eigenvalue weighted by Crippen LogP contribution is 2.03. The molecule has 0 aromatic heterocycles. The number of carboxylic acid groups (broad SMARTS) is 1. The van der Waals surface area contributed by atoms with Gasteiger partial charge < -0.3 is 21.1 Å². The number of amides is 3. The van der Waals surface area contributed by atoms with E-state index < -0.39 is 11.9 Å². The van der Waals surface area contributed by atoms with E-state index in [-0.39, 0.29) is 24.9 Å². The Kier molecular flexibility index (Phi) is 8.34. The first-order valence-electron chi connectivity index (χ1n) is 5.92. The molecule has 0 bridgehead atoms. The SMILES string of the molecule is CNC(=O)CCNC(=O)NCCCC(C)C(=O)O. The minimum atomic E-state index is -0.829. The average molecular weight is 259 g/mol. The highest BCUT2D eigenvalue weighted by Gasteiger charge is 2.10. The Balaban J connectivity index is 3.48. The molecule has 104 valence electrons. The van der Waals surface area contributed by atoms with Gasteiger partial charge in [-0.3, -0.25) is 9.59 Å². The smallest absolute Gasteiger partial charge is 0.314 e. The van der Waals surface area contributed by atoms with Crippen LogP contribution < -0.4 is 16.0 Å². The van der Waals surface area contributed by atoms with Crippen LogP contribution in [0.15, 0.2) is 0 Å². The van der Waals surface area contributed by atoms with Crippen molar-refractivity contribution in [2.24, 2.45) is 5.92 Å². The van der Waals surface area contributed by atoms with Gasteiger partial charge in [-0.15, -0.1) is 0 Å². The summed E-state index contributed by atoms with van der Waals surface area (Å²) in [5.74, 6) is -1.36. The Hall–Kier alpha value is -1.79. The lowest BCUT2D eigenvalue weighted by Crippen LogP contribution is -2.38. The average Bonchev–Trinajstić information content (AvgIpc) is 2.33. The van der Waals surface area contributed by atoms with Crippen LogP contribution in [0.2, 0.25) is 0 Å². The topological polar surface area (TPSA) is 108 Å². The van der Waals surface area contributed by atoms with E-state index in [1.807, 2.05) is 0 Å². The fourth-order valence-corrected chi connectivity index (χ4v) is 1.21. The first kappa shape index (κ1) is 16.2. The predicted molar refractivity (Wildman–Crippen MR) is 66.1 cm³/mol. The summed E-state index contributed by atoms with van der Waals surface area (Å²) in [6, 6.07) is -0.345. The number of rotatable bonds is 8. The molecule has 0 spiro atoms. The second-order valence-electron chi connectivity index (χ2n) is 3.99. The molecule has 0 saturated heterocycles. The summed E-state index contributed by atoms with van der Waals surface area (Å²) in [5.41, 5.74) is 0. The zero-order valence-corrected chi connectivity index (χ0v) is 10.8. The molecule has 0 rings (SSSR count). The molecule has 0 radical (unpaired) electrons. The van der Waals surface area contributed by atoms with Crippen molar-refractivity contribution in [3.63, 3.8) is 0 Å². The first-order chi connectivity index (χ1) is 8.47. The fourth-order valence-electron chi connectivity index (χ4n) is 1.21. The quantitative estimate of drug-likeness (QED) is 0.457. The number of nitrogens with one attached hydrogen (secondary N) is 3. The van der Waals surface area contributed by atoms with Gasteiger partial charge in [0.15, 0.2) is 0 Å². The molecule has 0 aliphatic heterocycles. The lowest BCUT2D eigenvalue weighted by molar-refractivity contribution is -0.141. The first-order valence-corrected chi connectivity index (χ1v) is 5.92. The predicted octanol–water partition coefficient (Wildman–Crippen LogP) is -0.0774. The minimum Gasteiger partial charge on any atom is -0.481 e. The molecule has 0 aliphatic rings. The van der Waals surface area contributed by atoms with Crippen LogP contribution in [0.25, 0.3) is 0 Å². The van der Waals surface area contributed by atoms with Crippen LogP contribution in [0.3, 0.4) is 0 Å². The van der Waals surface area contributed by atoms with Crippen LogP contribution in [-0.2, 0) is 9.59 Å². The van der Waals surface area contributed by atoms with Crippen LogP contribution in [0, 0.1) is 5.92 Å². The van der Waals surface area contributed by atoms with Crippen LogP contribution >= 0.6 is 0 Å². The number of hydrogen-bond acceptors (Lipinski definition) is 3. The van der Waals surface area contributed by atoms with Gasteiger partial charge in [0.2, 0.25) is 5.91 Å². The van der Waals surface area contributed by atoms with E-state index in [1.54, 1.807) is 6.92 Å². The van der Waals surface area contributed by atoms with E-state index in [0.29, 0.717) is 19.4 Å². The number of aliphatic carboxylic acids is 1. The molecule has 7 nitrogen and oxygen atoms in total. The van der Waals surface area contributed by atoms with Crippen LogP contribution in [0.4, 0.5) is 4.79 Å². The number of urea groups is 1. The van der Waals surface area contributed by atoms with E-state index in [1.165, 1.54) is 7.05 Å². The van der Waals surface area contributed by atoms with Gasteiger partial charge in [0, 0.05) is 26.6 Å². The Labute approximate surface area is 106 Å². The molecule has 0 aromatic rings. The number of carbonyl (C=O) groups is 3. The van der Waals surface area contributed by atoms with Crippen molar-refractivity contribution in [2.45, 2.75) is 26.2 Å². The monoisotopic (exact) mass is 259 g/mol. The standard InChI is InChI=1S/C11H21N3O4/c1-8(10(16)17)4-3-6-13-11(18)14-7-5-9(15)12-2/h8H,3-7H2,1-2H3,(H,12,15)(H,16,17)(H2,13,14,18). The highest BCUT2D eigenvalue weighted by atomic mass is 16.4. The minimum absolute atomic E-state index is 0.134. The molecule has 0 aromatic carbocycles. The highest BCUT2D eigenvalue weighted by molar-refractivity contribution is 5.77. The van der Waals surface area contributed by atoms with Crippen molar-refractivity contribution in [1.29, 1.82) is 0 Å². The van der Waals surface area contributed by atoms with Gasteiger partial charge in [-0.05, 0) is 12.8 Å². The zero-order valence-electron chi connectivity index (χ0n) is 10.8. The number of hydrogen-bond donors (Lipinski definition) is 4. The van der Waals surface area contributed by atoms with Crippen LogP contribution in [0.5, 0.6) is 0 Å². The molecule has 0 saturated carbocycles. The van der Waals surface area contributed by atoms with Crippen molar-refractivity contribution in [2.75, 3.05) is 20.1 Å². The normalized spacial score (nSPS) is 11.4. The van der Waals surface area contributed by atoms with E-state index in [4.69, 9.17) is 5.11 Å². The molecule has 4 N–H and O–H groups in total. The molecule has 3 amide bonds. The van der Waals surface area contributed by atoms with Gasteiger partial charge in [-0.2, -0.15) is 0 Å². The molecule has 0 heterocycles. The Morgan fingerprint density at radius 3 is 2.33 bits per heavy atom. The maximum absolute atomic E-state index is 11.2. The van der Waals surface area contributed by atoms with E-state index >= 15 is 0 Å². The van der Waals surface area contributed by atoms with Gasteiger partial charge in [0.25, 0.3) is 0 Å². The summed E-state index contributed by atoms with van der Waals surface area (Å²) < 4.78 is 0. The largest absolute Gasteiger partial charge is 0.481 e. The Morgan fingerprint density at radius 2 is 1.78 bits per heavy atom. The van der Waals surface area contributed by atoms with Crippen molar-refractivity contribution in [1.82, 2.24) is 16.0 Å². The molecule has 1 unspecified atom stereocenters. The molecule has 0 aliphatic carbocycles. The van der Waals surface area contributed by atoms with Crippen molar-refractivity contribution < 1.29 is 19.5 Å².